The zero-order chi connectivity index (χ0) is 10.7. The van der Waals surface area contributed by atoms with E-state index < -0.39 is 12.1 Å². The van der Waals surface area contributed by atoms with Crippen LogP contribution in [0.25, 0.3) is 0 Å². The quantitative estimate of drug-likeness (QED) is 0.832. The smallest absolute Gasteiger partial charge is 0.337 e. The van der Waals surface area contributed by atoms with Crippen molar-refractivity contribution in [1.29, 1.82) is 0 Å². The van der Waals surface area contributed by atoms with Crippen molar-refractivity contribution >= 4 is 33.7 Å². The molecule has 0 aromatic heterocycles. The van der Waals surface area contributed by atoms with Crippen LogP contribution in [0.1, 0.15) is 11.7 Å². The maximum absolute atomic E-state index is 10.5. The number of thioether (sulfide) groups is 1. The molecule has 0 amide bonds. The van der Waals surface area contributed by atoms with Crippen LogP contribution in [0.3, 0.4) is 0 Å². The van der Waals surface area contributed by atoms with Gasteiger partial charge in [-0.2, -0.15) is 0 Å². The summed E-state index contributed by atoms with van der Waals surface area (Å²) < 4.78 is 0.764. The fraction of sp³-hybridized carbons (Fsp3) is 0.222. The summed E-state index contributed by atoms with van der Waals surface area (Å²) in [6, 6.07) is 5.12. The minimum atomic E-state index is -1.46. The highest BCUT2D eigenvalue weighted by Gasteiger charge is 2.16. The minimum absolute atomic E-state index is 0.385. The van der Waals surface area contributed by atoms with Crippen LogP contribution in [0, 0.1) is 0 Å². The van der Waals surface area contributed by atoms with Gasteiger partial charge in [-0.25, -0.2) is 4.79 Å². The molecule has 1 rings (SSSR count). The molecule has 0 aliphatic rings. The molecule has 76 valence electrons. The van der Waals surface area contributed by atoms with Gasteiger partial charge in [0.1, 0.15) is 0 Å². The Morgan fingerprint density at radius 2 is 2.14 bits per heavy atom. The van der Waals surface area contributed by atoms with Crippen LogP contribution in [0.2, 0.25) is 0 Å². The van der Waals surface area contributed by atoms with Crippen LogP contribution in [0.5, 0.6) is 0 Å². The Morgan fingerprint density at radius 3 is 2.64 bits per heavy atom. The largest absolute Gasteiger partial charge is 0.479 e. The van der Waals surface area contributed by atoms with E-state index in [1.807, 2.05) is 12.3 Å². The molecular formula is C9H9BrO3S. The van der Waals surface area contributed by atoms with Crippen LogP contribution < -0.4 is 0 Å². The molecule has 0 bridgehead atoms. The topological polar surface area (TPSA) is 57.5 Å². The first-order chi connectivity index (χ1) is 6.54. The number of hydrogen-bond acceptors (Lipinski definition) is 3. The van der Waals surface area contributed by atoms with Crippen molar-refractivity contribution in [2.24, 2.45) is 0 Å². The third kappa shape index (κ3) is 2.73. The molecule has 2 N–H and O–H groups in total. The molecule has 5 heteroatoms. The van der Waals surface area contributed by atoms with Crippen molar-refractivity contribution in [2.45, 2.75) is 11.0 Å². The molecule has 1 aromatic carbocycles. The number of carbonyl (C=O) groups is 1. The summed E-state index contributed by atoms with van der Waals surface area (Å²) in [7, 11) is 0. The highest BCUT2D eigenvalue weighted by molar-refractivity contribution is 9.10. The standard InChI is InChI=1S/C9H9BrO3S/c1-14-7-3-5(2-6(10)4-7)8(11)9(12)13/h2-4,8,11H,1H3,(H,12,13). The maximum Gasteiger partial charge on any atom is 0.337 e. The van der Waals surface area contributed by atoms with Crippen molar-refractivity contribution in [3.05, 3.63) is 28.2 Å². The average Bonchev–Trinajstić information content (AvgIpc) is 2.15. The Kier molecular flexibility index (Phi) is 3.97. The summed E-state index contributed by atoms with van der Waals surface area (Å²) in [5, 5.41) is 17.9. The molecule has 1 aromatic rings. The SMILES string of the molecule is CSc1cc(Br)cc(C(O)C(=O)O)c1. The molecule has 0 saturated carbocycles. The Bertz CT molecular complexity index is 354. The van der Waals surface area contributed by atoms with Crippen molar-refractivity contribution in [2.75, 3.05) is 6.26 Å². The van der Waals surface area contributed by atoms with Crippen LogP contribution in [-0.2, 0) is 4.79 Å². The monoisotopic (exact) mass is 276 g/mol. The number of carboxylic acids is 1. The van der Waals surface area contributed by atoms with Gasteiger partial charge >= 0.3 is 5.97 Å². The van der Waals surface area contributed by atoms with Crippen molar-refractivity contribution in [3.63, 3.8) is 0 Å². The first-order valence-corrected chi connectivity index (χ1v) is 5.81. The van der Waals surface area contributed by atoms with E-state index in [0.29, 0.717) is 5.56 Å². The van der Waals surface area contributed by atoms with Gasteiger partial charge in [-0.1, -0.05) is 15.9 Å². The number of benzene rings is 1. The lowest BCUT2D eigenvalue weighted by molar-refractivity contribution is -0.146. The second-order valence-electron chi connectivity index (χ2n) is 2.67. The van der Waals surface area contributed by atoms with Gasteiger partial charge in [-0.3, -0.25) is 0 Å². The van der Waals surface area contributed by atoms with E-state index in [4.69, 9.17) is 5.11 Å². The van der Waals surface area contributed by atoms with E-state index in [2.05, 4.69) is 15.9 Å². The Balaban J connectivity index is 3.08. The van der Waals surface area contributed by atoms with Crippen molar-refractivity contribution in [3.8, 4) is 0 Å². The molecule has 0 fully saturated rings. The maximum atomic E-state index is 10.5. The third-order valence-electron chi connectivity index (χ3n) is 1.68. The lowest BCUT2D eigenvalue weighted by Gasteiger charge is -2.08. The van der Waals surface area contributed by atoms with Crippen molar-refractivity contribution in [1.82, 2.24) is 0 Å². The Hall–Kier alpha value is -0.520. The molecule has 0 saturated heterocycles. The van der Waals surface area contributed by atoms with Crippen LogP contribution in [-0.4, -0.2) is 22.4 Å². The number of hydrogen-bond donors (Lipinski definition) is 2. The first kappa shape index (κ1) is 11.6. The molecule has 0 aliphatic carbocycles. The summed E-state index contributed by atoms with van der Waals surface area (Å²) in [4.78, 5) is 11.5. The predicted octanol–water partition coefficient (Wildman–Crippen LogP) is 2.29. The number of aliphatic carboxylic acids is 1. The summed E-state index contributed by atoms with van der Waals surface area (Å²) in [6.45, 7) is 0. The van der Waals surface area contributed by atoms with Gasteiger partial charge in [-0.05, 0) is 30.0 Å². The fourth-order valence-electron chi connectivity index (χ4n) is 1.00. The Morgan fingerprint density at radius 1 is 1.50 bits per heavy atom. The molecule has 1 atom stereocenters. The minimum Gasteiger partial charge on any atom is -0.479 e. The number of aliphatic hydroxyl groups excluding tert-OH is 1. The summed E-state index contributed by atoms with van der Waals surface area (Å²) >= 11 is 4.75. The van der Waals surface area contributed by atoms with Gasteiger partial charge in [0, 0.05) is 9.37 Å². The predicted molar refractivity (Wildman–Crippen MR) is 58.5 cm³/mol. The van der Waals surface area contributed by atoms with E-state index in [0.717, 1.165) is 9.37 Å². The number of aliphatic hydroxyl groups is 1. The summed E-state index contributed by atoms with van der Waals surface area (Å²) in [6.07, 6.45) is 0.428. The van der Waals surface area contributed by atoms with E-state index in [1.165, 1.54) is 11.8 Å². The van der Waals surface area contributed by atoms with E-state index in [9.17, 15) is 9.90 Å². The van der Waals surface area contributed by atoms with Gasteiger partial charge in [0.05, 0.1) is 0 Å². The average molecular weight is 277 g/mol. The fourth-order valence-corrected chi connectivity index (χ4v) is 2.16. The van der Waals surface area contributed by atoms with E-state index in [-0.39, 0.29) is 0 Å². The molecule has 0 radical (unpaired) electrons. The third-order valence-corrected chi connectivity index (χ3v) is 2.84. The lowest BCUT2D eigenvalue weighted by atomic mass is 10.1. The summed E-state index contributed by atoms with van der Waals surface area (Å²) in [5.74, 6) is -1.24. The molecule has 0 spiro atoms. The molecule has 1 unspecified atom stereocenters. The zero-order valence-electron chi connectivity index (χ0n) is 7.40. The normalized spacial score (nSPS) is 12.5. The first-order valence-electron chi connectivity index (χ1n) is 3.80. The van der Waals surface area contributed by atoms with Crippen molar-refractivity contribution < 1.29 is 15.0 Å². The van der Waals surface area contributed by atoms with E-state index in [1.54, 1.807) is 12.1 Å². The van der Waals surface area contributed by atoms with Crippen LogP contribution in [0.4, 0.5) is 0 Å². The highest BCUT2D eigenvalue weighted by Crippen LogP contribution is 2.25. The second kappa shape index (κ2) is 4.82. The number of carboxylic acid groups (broad SMARTS) is 1. The number of halogens is 1. The molecular weight excluding hydrogens is 268 g/mol. The van der Waals surface area contributed by atoms with Gasteiger partial charge < -0.3 is 10.2 Å². The van der Waals surface area contributed by atoms with Gasteiger partial charge in [0.2, 0.25) is 0 Å². The summed E-state index contributed by atoms with van der Waals surface area (Å²) in [5.41, 5.74) is 0.385. The van der Waals surface area contributed by atoms with E-state index >= 15 is 0 Å². The molecule has 0 heterocycles. The molecule has 0 aliphatic heterocycles. The van der Waals surface area contributed by atoms with Crippen LogP contribution >= 0.6 is 27.7 Å². The van der Waals surface area contributed by atoms with Crippen LogP contribution in [0.15, 0.2) is 27.6 Å². The molecule has 14 heavy (non-hydrogen) atoms. The second-order valence-corrected chi connectivity index (χ2v) is 4.46. The highest BCUT2D eigenvalue weighted by atomic mass is 79.9. The lowest BCUT2D eigenvalue weighted by Crippen LogP contribution is -2.10. The van der Waals surface area contributed by atoms with Gasteiger partial charge in [0.15, 0.2) is 6.10 Å². The van der Waals surface area contributed by atoms with Gasteiger partial charge in [0.25, 0.3) is 0 Å². The molecule has 3 nitrogen and oxygen atoms in total. The Labute approximate surface area is 94.3 Å². The zero-order valence-corrected chi connectivity index (χ0v) is 9.80. The number of rotatable bonds is 3. The van der Waals surface area contributed by atoms with Gasteiger partial charge in [-0.15, -0.1) is 11.8 Å².